The van der Waals surface area contributed by atoms with Gasteiger partial charge in [-0.2, -0.15) is 0 Å². The molecule has 0 aromatic carbocycles. The van der Waals surface area contributed by atoms with Crippen LogP contribution in [0.1, 0.15) is 0 Å². The number of aliphatic hydroxyl groups is 6. The van der Waals surface area contributed by atoms with E-state index in [0.29, 0.717) is 52.4 Å². The first kappa shape index (κ1) is 23.6. The molecule has 0 bridgehead atoms. The first-order valence-electron chi connectivity index (χ1n) is 9.28. The summed E-state index contributed by atoms with van der Waals surface area (Å²) < 4.78 is 0. The molecule has 26 heavy (non-hydrogen) atoms. The third-order valence-electron chi connectivity index (χ3n) is 4.88. The highest BCUT2D eigenvalue weighted by Crippen LogP contribution is 2.06. The quantitative estimate of drug-likeness (QED) is 0.206. The average Bonchev–Trinajstić information content (AvgIpc) is 2.65. The van der Waals surface area contributed by atoms with Gasteiger partial charge in [0.2, 0.25) is 0 Å². The van der Waals surface area contributed by atoms with E-state index >= 15 is 0 Å². The second kappa shape index (κ2) is 13.7. The zero-order valence-corrected chi connectivity index (χ0v) is 15.4. The highest BCUT2D eigenvalue weighted by atomic mass is 16.3. The zero-order valence-electron chi connectivity index (χ0n) is 15.4. The molecule has 0 spiro atoms. The molecule has 0 aliphatic carbocycles. The molecule has 10 nitrogen and oxygen atoms in total. The van der Waals surface area contributed by atoms with Crippen LogP contribution in [0.2, 0.25) is 0 Å². The number of aliphatic hydroxyl groups excluding tert-OH is 6. The number of nitrogens with zero attached hydrogens (tertiary/aromatic N) is 2. The van der Waals surface area contributed by atoms with Crippen molar-refractivity contribution < 1.29 is 30.6 Å². The lowest BCUT2D eigenvalue weighted by atomic mass is 10.1. The van der Waals surface area contributed by atoms with E-state index in [9.17, 15) is 20.4 Å². The van der Waals surface area contributed by atoms with Crippen LogP contribution in [0.15, 0.2) is 0 Å². The molecule has 0 aromatic heterocycles. The molecular formula is C16H36N4O6. The zero-order chi connectivity index (χ0) is 19.4. The number of hydrogen-bond acceptors (Lipinski definition) is 10. The minimum absolute atomic E-state index is 0.229. The Labute approximate surface area is 155 Å². The van der Waals surface area contributed by atoms with Crippen LogP contribution < -0.4 is 10.6 Å². The van der Waals surface area contributed by atoms with Crippen molar-refractivity contribution in [3.8, 4) is 0 Å². The van der Waals surface area contributed by atoms with Crippen molar-refractivity contribution in [2.75, 3.05) is 78.8 Å². The van der Waals surface area contributed by atoms with Gasteiger partial charge in [-0.25, -0.2) is 0 Å². The van der Waals surface area contributed by atoms with E-state index in [-0.39, 0.29) is 13.2 Å². The lowest BCUT2D eigenvalue weighted by molar-refractivity contribution is -0.0168. The number of rotatable bonds is 8. The molecule has 1 fully saturated rings. The molecule has 0 saturated carbocycles. The molecular weight excluding hydrogens is 344 g/mol. The van der Waals surface area contributed by atoms with Crippen molar-refractivity contribution in [2.45, 2.75) is 24.3 Å². The summed E-state index contributed by atoms with van der Waals surface area (Å²) >= 11 is 0. The van der Waals surface area contributed by atoms with E-state index in [2.05, 4.69) is 10.6 Å². The summed E-state index contributed by atoms with van der Waals surface area (Å²) in [4.78, 5) is 3.90. The van der Waals surface area contributed by atoms with Crippen LogP contribution in [0.25, 0.3) is 0 Å². The van der Waals surface area contributed by atoms with E-state index in [0.717, 1.165) is 0 Å². The van der Waals surface area contributed by atoms with E-state index < -0.39 is 37.5 Å². The van der Waals surface area contributed by atoms with Gasteiger partial charge in [-0.1, -0.05) is 0 Å². The first-order valence-corrected chi connectivity index (χ1v) is 9.28. The van der Waals surface area contributed by atoms with Gasteiger partial charge in [0.25, 0.3) is 0 Å². The fourth-order valence-corrected chi connectivity index (χ4v) is 3.23. The summed E-state index contributed by atoms with van der Waals surface area (Å²) in [6.07, 6.45) is -1.98. The van der Waals surface area contributed by atoms with Crippen molar-refractivity contribution in [3.63, 3.8) is 0 Å². The van der Waals surface area contributed by atoms with Crippen molar-refractivity contribution in [3.05, 3.63) is 0 Å². The van der Waals surface area contributed by atoms with Gasteiger partial charge in [0.1, 0.15) is 0 Å². The molecule has 1 aliphatic rings. The second-order valence-electron chi connectivity index (χ2n) is 6.57. The van der Waals surface area contributed by atoms with Crippen LogP contribution in [0.4, 0.5) is 0 Å². The van der Waals surface area contributed by atoms with Gasteiger partial charge in [0.05, 0.1) is 50.7 Å². The van der Waals surface area contributed by atoms with Gasteiger partial charge in [-0.3, -0.25) is 9.80 Å². The van der Waals surface area contributed by atoms with E-state index in [1.54, 1.807) is 0 Å². The summed E-state index contributed by atoms with van der Waals surface area (Å²) in [6.45, 7) is 3.70. The van der Waals surface area contributed by atoms with Crippen molar-refractivity contribution in [1.82, 2.24) is 20.4 Å². The monoisotopic (exact) mass is 380 g/mol. The third kappa shape index (κ3) is 7.69. The second-order valence-corrected chi connectivity index (χ2v) is 6.57. The summed E-state index contributed by atoms with van der Waals surface area (Å²) in [5, 5.41) is 63.7. The number of hydrogen-bond donors (Lipinski definition) is 8. The molecule has 1 rings (SSSR count). The SMILES string of the molecule is OCC(O)C(CO)N1CCNCCN(C(CO)C(O)CO)CCNCC1. The topological polar surface area (TPSA) is 152 Å². The molecule has 1 heterocycles. The molecule has 0 amide bonds. The first-order chi connectivity index (χ1) is 12.6. The predicted molar refractivity (Wildman–Crippen MR) is 96.8 cm³/mol. The van der Waals surface area contributed by atoms with E-state index in [1.165, 1.54) is 0 Å². The molecule has 10 heteroatoms. The Kier molecular flexibility index (Phi) is 12.5. The van der Waals surface area contributed by atoms with Crippen molar-refractivity contribution >= 4 is 0 Å². The normalized spacial score (nSPS) is 24.2. The summed E-state index contributed by atoms with van der Waals surface area (Å²) in [5.74, 6) is 0. The maximum atomic E-state index is 9.89. The van der Waals surface area contributed by atoms with E-state index in [1.807, 2.05) is 9.80 Å². The van der Waals surface area contributed by atoms with Gasteiger partial charge in [-0.15, -0.1) is 0 Å². The van der Waals surface area contributed by atoms with Crippen LogP contribution in [-0.2, 0) is 0 Å². The Morgan fingerprint density at radius 1 is 0.577 bits per heavy atom. The van der Waals surface area contributed by atoms with Gasteiger partial charge in [-0.05, 0) is 0 Å². The average molecular weight is 380 g/mol. The largest absolute Gasteiger partial charge is 0.395 e. The third-order valence-corrected chi connectivity index (χ3v) is 4.88. The minimum Gasteiger partial charge on any atom is -0.395 e. The Hall–Kier alpha value is -0.400. The Bertz CT molecular complexity index is 311. The van der Waals surface area contributed by atoms with Crippen LogP contribution in [0.5, 0.6) is 0 Å². The fourth-order valence-electron chi connectivity index (χ4n) is 3.23. The van der Waals surface area contributed by atoms with Gasteiger partial charge < -0.3 is 41.3 Å². The standard InChI is InChI=1S/C16H36N4O6/c21-9-13(15(25)11-23)19-5-1-17-2-6-20(8-4-18-3-7-19)14(10-22)16(26)12-24/h13-18,21-26H,1-12H2. The molecule has 8 N–H and O–H groups in total. The molecule has 1 aliphatic heterocycles. The number of nitrogens with one attached hydrogen (secondary N) is 2. The smallest absolute Gasteiger partial charge is 0.0947 e. The molecule has 1 saturated heterocycles. The maximum absolute atomic E-state index is 9.89. The van der Waals surface area contributed by atoms with Gasteiger partial charge in [0.15, 0.2) is 0 Å². The Balaban J connectivity index is 2.61. The maximum Gasteiger partial charge on any atom is 0.0947 e. The summed E-state index contributed by atoms with van der Waals surface area (Å²) in [6, 6.07) is -1.02. The van der Waals surface area contributed by atoms with Gasteiger partial charge in [0, 0.05) is 52.4 Å². The van der Waals surface area contributed by atoms with Crippen LogP contribution in [0.3, 0.4) is 0 Å². The Morgan fingerprint density at radius 3 is 1.12 bits per heavy atom. The molecule has 0 radical (unpaired) electrons. The molecule has 4 unspecified atom stereocenters. The highest BCUT2D eigenvalue weighted by Gasteiger charge is 2.26. The minimum atomic E-state index is -0.992. The predicted octanol–water partition coefficient (Wildman–Crippen LogP) is -4.79. The molecule has 0 aromatic rings. The Morgan fingerprint density at radius 2 is 0.885 bits per heavy atom. The van der Waals surface area contributed by atoms with Crippen LogP contribution >= 0.6 is 0 Å². The van der Waals surface area contributed by atoms with Crippen molar-refractivity contribution in [2.24, 2.45) is 0 Å². The lowest BCUT2D eigenvalue weighted by Crippen LogP contribution is -2.54. The van der Waals surface area contributed by atoms with Crippen molar-refractivity contribution in [1.29, 1.82) is 0 Å². The van der Waals surface area contributed by atoms with Crippen LogP contribution in [-0.4, -0.2) is 144 Å². The highest BCUT2D eigenvalue weighted by molar-refractivity contribution is 4.82. The van der Waals surface area contributed by atoms with E-state index in [4.69, 9.17) is 10.2 Å². The summed E-state index contributed by atoms with van der Waals surface area (Å²) in [5.41, 5.74) is 0. The fraction of sp³-hybridized carbons (Fsp3) is 1.00. The molecule has 4 atom stereocenters. The van der Waals surface area contributed by atoms with Gasteiger partial charge >= 0.3 is 0 Å². The lowest BCUT2D eigenvalue weighted by Gasteiger charge is -2.35. The van der Waals surface area contributed by atoms with Crippen LogP contribution in [0, 0.1) is 0 Å². The summed E-state index contributed by atoms with van der Waals surface area (Å²) in [7, 11) is 0. The molecule has 156 valence electrons.